The number of likely N-dealkylation sites (N-methyl/N-ethyl adjacent to an activating group) is 1. The lowest BCUT2D eigenvalue weighted by Crippen LogP contribution is -2.35. The van der Waals surface area contributed by atoms with Gasteiger partial charge in [0.25, 0.3) is 5.91 Å². The highest BCUT2D eigenvalue weighted by Crippen LogP contribution is 2.18. The van der Waals surface area contributed by atoms with E-state index < -0.39 is 0 Å². The molecule has 5 nitrogen and oxygen atoms in total. The predicted octanol–water partition coefficient (Wildman–Crippen LogP) is 3.19. The van der Waals surface area contributed by atoms with Crippen molar-refractivity contribution in [3.8, 4) is 0 Å². The summed E-state index contributed by atoms with van der Waals surface area (Å²) in [5.74, 6) is -0.448. The number of nitrogens with one attached hydrogen (secondary N) is 2. The van der Waals surface area contributed by atoms with E-state index in [0.717, 1.165) is 16.5 Å². The largest absolute Gasteiger partial charge is 0.351 e. The number of para-hydroxylation sites is 1. The quantitative estimate of drug-likeness (QED) is 0.775. The van der Waals surface area contributed by atoms with Gasteiger partial charge >= 0.3 is 0 Å². The summed E-state index contributed by atoms with van der Waals surface area (Å²) in [6.45, 7) is 2.00. The van der Waals surface area contributed by atoms with Crippen LogP contribution in [0.4, 0.5) is 5.69 Å². The zero-order valence-electron chi connectivity index (χ0n) is 13.7. The molecule has 0 atom stereocenters. The van der Waals surface area contributed by atoms with E-state index >= 15 is 0 Å². The molecule has 2 amide bonds. The van der Waals surface area contributed by atoms with Crippen molar-refractivity contribution in [3.05, 3.63) is 65.9 Å². The molecule has 1 aromatic heterocycles. The molecule has 3 rings (SSSR count). The maximum absolute atomic E-state index is 12.5. The summed E-state index contributed by atoms with van der Waals surface area (Å²) in [5.41, 5.74) is 3.23. The number of amides is 2. The van der Waals surface area contributed by atoms with Gasteiger partial charge in [-0.1, -0.05) is 29.8 Å². The second kappa shape index (κ2) is 6.58. The third kappa shape index (κ3) is 3.46. The SMILES string of the molecule is Cc1ccc2[nH]c(C(=O)N(C)CC(=O)Nc3ccccc3)cc2c1. The Morgan fingerprint density at radius 3 is 2.58 bits per heavy atom. The molecular weight excluding hydrogens is 302 g/mol. The number of anilines is 1. The first kappa shape index (κ1) is 15.8. The Morgan fingerprint density at radius 1 is 1.08 bits per heavy atom. The molecule has 0 aliphatic carbocycles. The highest BCUT2D eigenvalue weighted by molar-refractivity contribution is 6.01. The van der Waals surface area contributed by atoms with Crippen molar-refractivity contribution in [2.45, 2.75) is 6.92 Å². The zero-order chi connectivity index (χ0) is 17.1. The highest BCUT2D eigenvalue weighted by atomic mass is 16.2. The third-order valence-electron chi connectivity index (χ3n) is 3.79. The predicted molar refractivity (Wildman–Crippen MR) is 95.1 cm³/mol. The van der Waals surface area contributed by atoms with Gasteiger partial charge in [-0.2, -0.15) is 0 Å². The number of fused-ring (bicyclic) bond motifs is 1. The number of H-pyrrole nitrogens is 1. The standard InChI is InChI=1S/C19H19N3O2/c1-13-8-9-16-14(10-13)11-17(21-16)19(24)22(2)12-18(23)20-15-6-4-3-5-7-15/h3-11,21H,12H2,1-2H3,(H,20,23). The van der Waals surface area contributed by atoms with E-state index in [9.17, 15) is 9.59 Å². The fraction of sp³-hybridized carbons (Fsp3) is 0.158. The molecule has 2 aromatic carbocycles. The van der Waals surface area contributed by atoms with Gasteiger partial charge in [0, 0.05) is 23.6 Å². The van der Waals surface area contributed by atoms with Crippen molar-refractivity contribution in [2.75, 3.05) is 18.9 Å². The summed E-state index contributed by atoms with van der Waals surface area (Å²) in [5, 5.41) is 3.76. The summed E-state index contributed by atoms with van der Waals surface area (Å²) in [4.78, 5) is 29.1. The van der Waals surface area contributed by atoms with E-state index in [2.05, 4.69) is 10.3 Å². The van der Waals surface area contributed by atoms with Gasteiger partial charge in [-0.05, 0) is 37.3 Å². The van der Waals surface area contributed by atoms with Crippen molar-refractivity contribution >= 4 is 28.4 Å². The van der Waals surface area contributed by atoms with Crippen LogP contribution in [0.1, 0.15) is 16.1 Å². The molecule has 0 spiro atoms. The summed E-state index contributed by atoms with van der Waals surface area (Å²) >= 11 is 0. The minimum atomic E-state index is -0.232. The molecule has 5 heteroatoms. The van der Waals surface area contributed by atoms with Crippen LogP contribution in [0, 0.1) is 6.92 Å². The van der Waals surface area contributed by atoms with Crippen molar-refractivity contribution in [1.29, 1.82) is 0 Å². The number of carbonyl (C=O) groups is 2. The van der Waals surface area contributed by atoms with Crippen molar-refractivity contribution < 1.29 is 9.59 Å². The summed E-state index contributed by atoms with van der Waals surface area (Å²) in [6.07, 6.45) is 0. The summed E-state index contributed by atoms with van der Waals surface area (Å²) in [6, 6.07) is 16.9. The lowest BCUT2D eigenvalue weighted by molar-refractivity contribution is -0.116. The zero-order valence-corrected chi connectivity index (χ0v) is 13.7. The highest BCUT2D eigenvalue weighted by Gasteiger charge is 2.17. The molecule has 1 heterocycles. The first-order valence-corrected chi connectivity index (χ1v) is 7.72. The molecular formula is C19H19N3O2. The number of nitrogens with zero attached hydrogens (tertiary/aromatic N) is 1. The number of rotatable bonds is 4. The van der Waals surface area contributed by atoms with Crippen molar-refractivity contribution in [1.82, 2.24) is 9.88 Å². The minimum absolute atomic E-state index is 0.0118. The van der Waals surface area contributed by atoms with E-state index in [-0.39, 0.29) is 18.4 Å². The van der Waals surface area contributed by atoms with Crippen LogP contribution in [-0.2, 0) is 4.79 Å². The van der Waals surface area contributed by atoms with Crippen molar-refractivity contribution in [2.24, 2.45) is 0 Å². The monoisotopic (exact) mass is 321 g/mol. The average molecular weight is 321 g/mol. The first-order valence-electron chi connectivity index (χ1n) is 7.72. The molecule has 122 valence electrons. The number of aryl methyl sites for hydroxylation is 1. The maximum Gasteiger partial charge on any atom is 0.270 e. The number of benzene rings is 2. The van der Waals surface area contributed by atoms with Crippen LogP contribution >= 0.6 is 0 Å². The Labute approximate surface area is 140 Å². The Hall–Kier alpha value is -3.08. The van der Waals surface area contributed by atoms with E-state index in [1.54, 1.807) is 19.2 Å². The number of aromatic amines is 1. The molecule has 3 aromatic rings. The van der Waals surface area contributed by atoms with Crippen LogP contribution in [0.15, 0.2) is 54.6 Å². The number of aromatic nitrogens is 1. The summed E-state index contributed by atoms with van der Waals surface area (Å²) < 4.78 is 0. The second-order valence-electron chi connectivity index (χ2n) is 5.85. The third-order valence-corrected chi connectivity index (χ3v) is 3.79. The van der Waals surface area contributed by atoms with Crippen LogP contribution in [0.3, 0.4) is 0 Å². The number of hydrogen-bond donors (Lipinski definition) is 2. The van der Waals surface area contributed by atoms with Gasteiger partial charge in [0.05, 0.1) is 6.54 Å². The van der Waals surface area contributed by atoms with Crippen LogP contribution in [-0.4, -0.2) is 35.3 Å². The Kier molecular flexibility index (Phi) is 4.33. The fourth-order valence-electron chi connectivity index (χ4n) is 2.58. The van der Waals surface area contributed by atoms with Gasteiger partial charge in [0.1, 0.15) is 5.69 Å². The van der Waals surface area contributed by atoms with Crippen LogP contribution in [0.2, 0.25) is 0 Å². The molecule has 0 aliphatic heterocycles. The van der Waals surface area contributed by atoms with E-state index in [1.807, 2.05) is 49.4 Å². The molecule has 0 fully saturated rings. The van der Waals surface area contributed by atoms with E-state index in [1.165, 1.54) is 4.90 Å². The molecule has 0 saturated heterocycles. The maximum atomic E-state index is 12.5. The first-order chi connectivity index (χ1) is 11.5. The van der Waals surface area contributed by atoms with Gasteiger partial charge < -0.3 is 15.2 Å². The van der Waals surface area contributed by atoms with Gasteiger partial charge in [0.2, 0.25) is 5.91 Å². The molecule has 2 N–H and O–H groups in total. The Morgan fingerprint density at radius 2 is 1.83 bits per heavy atom. The molecule has 0 aliphatic rings. The van der Waals surface area contributed by atoms with Crippen LogP contribution in [0.25, 0.3) is 10.9 Å². The fourth-order valence-corrected chi connectivity index (χ4v) is 2.58. The number of hydrogen-bond acceptors (Lipinski definition) is 2. The molecule has 0 radical (unpaired) electrons. The smallest absolute Gasteiger partial charge is 0.270 e. The van der Waals surface area contributed by atoms with Crippen molar-refractivity contribution in [3.63, 3.8) is 0 Å². The van der Waals surface area contributed by atoms with Gasteiger partial charge in [-0.25, -0.2) is 0 Å². The molecule has 0 saturated carbocycles. The van der Waals surface area contributed by atoms with Crippen LogP contribution < -0.4 is 5.32 Å². The topological polar surface area (TPSA) is 65.2 Å². The van der Waals surface area contributed by atoms with E-state index in [4.69, 9.17) is 0 Å². The lowest BCUT2D eigenvalue weighted by atomic mass is 10.2. The number of carbonyl (C=O) groups excluding carboxylic acids is 2. The van der Waals surface area contributed by atoms with E-state index in [0.29, 0.717) is 11.4 Å². The Bertz CT molecular complexity index is 884. The molecule has 0 unspecified atom stereocenters. The van der Waals surface area contributed by atoms with Gasteiger partial charge in [-0.3, -0.25) is 9.59 Å². The van der Waals surface area contributed by atoms with Gasteiger partial charge in [-0.15, -0.1) is 0 Å². The normalized spacial score (nSPS) is 10.6. The lowest BCUT2D eigenvalue weighted by Gasteiger charge is -2.16. The average Bonchev–Trinajstić information content (AvgIpc) is 2.97. The molecule has 0 bridgehead atoms. The van der Waals surface area contributed by atoms with Gasteiger partial charge in [0.15, 0.2) is 0 Å². The summed E-state index contributed by atoms with van der Waals surface area (Å²) in [7, 11) is 1.61. The second-order valence-corrected chi connectivity index (χ2v) is 5.85. The minimum Gasteiger partial charge on any atom is -0.351 e. The van der Waals surface area contributed by atoms with Crippen LogP contribution in [0.5, 0.6) is 0 Å². The Balaban J connectivity index is 1.68. The molecule has 24 heavy (non-hydrogen) atoms.